The molecule has 0 aliphatic carbocycles. The van der Waals surface area contributed by atoms with Gasteiger partial charge in [0.05, 0.1) is 26.5 Å². The van der Waals surface area contributed by atoms with Crippen LogP contribution < -0.4 is 15.2 Å². The molecule has 0 fully saturated rings. The number of hydrogen-bond donors (Lipinski definition) is 1. The van der Waals surface area contributed by atoms with E-state index in [2.05, 4.69) is 9.97 Å². The second kappa shape index (κ2) is 5.33. The molecule has 0 spiro atoms. The zero-order valence-electron chi connectivity index (χ0n) is 8.79. The van der Waals surface area contributed by atoms with Gasteiger partial charge >= 0.3 is 0 Å². The van der Waals surface area contributed by atoms with E-state index in [0.717, 1.165) is 0 Å². The fraction of sp³-hybridized carbons (Fsp3) is 0.556. The zero-order valence-corrected chi connectivity index (χ0v) is 8.79. The van der Waals surface area contributed by atoms with Crippen LogP contribution in [0.3, 0.4) is 0 Å². The summed E-state index contributed by atoms with van der Waals surface area (Å²) in [7, 11) is 2.94. The number of hydrogen-bond acceptors (Lipinski definition) is 5. The van der Waals surface area contributed by atoms with Crippen LogP contribution in [0.5, 0.6) is 11.8 Å². The number of alkyl halides is 1. The molecule has 0 amide bonds. The molecule has 15 heavy (non-hydrogen) atoms. The van der Waals surface area contributed by atoms with Crippen molar-refractivity contribution in [2.45, 2.75) is 12.8 Å². The van der Waals surface area contributed by atoms with Gasteiger partial charge < -0.3 is 15.2 Å². The smallest absolute Gasteiger partial charge is 0.226 e. The normalized spacial score (nSPS) is 10.1. The van der Waals surface area contributed by atoms with Gasteiger partial charge in [-0.15, -0.1) is 0 Å². The average Bonchev–Trinajstić information content (AvgIpc) is 2.26. The van der Waals surface area contributed by atoms with E-state index in [4.69, 9.17) is 15.2 Å². The highest BCUT2D eigenvalue weighted by Crippen LogP contribution is 2.26. The summed E-state index contributed by atoms with van der Waals surface area (Å²) in [6.07, 6.45) is 0.836. The fourth-order valence-electron chi connectivity index (χ4n) is 1.25. The Hall–Kier alpha value is -1.59. The predicted octanol–water partition coefficient (Wildman–Crippen LogP) is 0.978. The lowest BCUT2D eigenvalue weighted by Crippen LogP contribution is -2.05. The molecule has 1 aromatic heterocycles. The van der Waals surface area contributed by atoms with Crippen molar-refractivity contribution < 1.29 is 13.9 Å². The summed E-state index contributed by atoms with van der Waals surface area (Å²) in [5.41, 5.74) is 6.10. The molecular weight excluding hydrogens is 201 g/mol. The Bertz CT molecular complexity index is 308. The van der Waals surface area contributed by atoms with E-state index in [1.807, 2.05) is 0 Å². The van der Waals surface area contributed by atoms with E-state index in [1.54, 1.807) is 0 Å². The molecule has 0 atom stereocenters. The number of halogens is 1. The maximum atomic E-state index is 12.1. The number of ether oxygens (including phenoxy) is 2. The third-order valence-corrected chi connectivity index (χ3v) is 1.90. The third-order valence-electron chi connectivity index (χ3n) is 1.90. The van der Waals surface area contributed by atoms with E-state index < -0.39 is 6.67 Å². The first-order chi connectivity index (χ1) is 7.22. The number of rotatable bonds is 5. The first-order valence-corrected chi connectivity index (χ1v) is 4.53. The lowest BCUT2D eigenvalue weighted by molar-refractivity contribution is 0.360. The van der Waals surface area contributed by atoms with Crippen molar-refractivity contribution in [3.8, 4) is 11.8 Å². The highest BCUT2D eigenvalue weighted by Gasteiger charge is 2.14. The average molecular weight is 215 g/mol. The molecule has 6 heteroatoms. The highest BCUT2D eigenvalue weighted by atomic mass is 19.1. The highest BCUT2D eigenvalue weighted by molar-refractivity contribution is 5.40. The van der Waals surface area contributed by atoms with E-state index >= 15 is 0 Å². The van der Waals surface area contributed by atoms with Gasteiger partial charge in [-0.2, -0.15) is 9.97 Å². The molecule has 5 nitrogen and oxygen atoms in total. The van der Waals surface area contributed by atoms with E-state index in [-0.39, 0.29) is 5.95 Å². The minimum atomic E-state index is -0.406. The quantitative estimate of drug-likeness (QED) is 0.792. The summed E-state index contributed by atoms with van der Waals surface area (Å²) in [5.74, 6) is 0.758. The maximum absolute atomic E-state index is 12.1. The predicted molar refractivity (Wildman–Crippen MR) is 53.8 cm³/mol. The lowest BCUT2D eigenvalue weighted by atomic mass is 10.2. The van der Waals surface area contributed by atoms with Crippen LogP contribution in [0.4, 0.5) is 10.3 Å². The van der Waals surface area contributed by atoms with E-state index in [0.29, 0.717) is 30.2 Å². The molecular formula is C9H14FN3O2. The van der Waals surface area contributed by atoms with Crippen LogP contribution in [0.2, 0.25) is 0 Å². The minimum absolute atomic E-state index is 0.0766. The zero-order chi connectivity index (χ0) is 11.3. The van der Waals surface area contributed by atoms with Crippen molar-refractivity contribution in [2.75, 3.05) is 26.6 Å². The molecule has 1 rings (SSSR count). The van der Waals surface area contributed by atoms with Gasteiger partial charge in [-0.05, 0) is 12.8 Å². The molecule has 0 saturated carbocycles. The molecule has 2 N–H and O–H groups in total. The number of aromatic nitrogens is 2. The Morgan fingerprint density at radius 1 is 1.20 bits per heavy atom. The van der Waals surface area contributed by atoms with Crippen molar-refractivity contribution in [1.29, 1.82) is 0 Å². The number of methoxy groups -OCH3 is 2. The third kappa shape index (κ3) is 2.68. The van der Waals surface area contributed by atoms with Gasteiger partial charge in [0.25, 0.3) is 0 Å². The molecule has 84 valence electrons. The van der Waals surface area contributed by atoms with Crippen molar-refractivity contribution >= 4 is 5.95 Å². The molecule has 0 radical (unpaired) electrons. The largest absolute Gasteiger partial charge is 0.481 e. The minimum Gasteiger partial charge on any atom is -0.481 e. The van der Waals surface area contributed by atoms with Gasteiger partial charge in [0.15, 0.2) is 0 Å². The van der Waals surface area contributed by atoms with Crippen molar-refractivity contribution in [3.05, 3.63) is 5.56 Å². The lowest BCUT2D eigenvalue weighted by Gasteiger charge is -2.10. The number of nitrogens with two attached hydrogens (primary N) is 1. The fourth-order valence-corrected chi connectivity index (χ4v) is 1.25. The number of nitrogens with zero attached hydrogens (tertiary/aromatic N) is 2. The van der Waals surface area contributed by atoms with Crippen LogP contribution >= 0.6 is 0 Å². The number of anilines is 1. The van der Waals surface area contributed by atoms with Crippen LogP contribution in [0.25, 0.3) is 0 Å². The van der Waals surface area contributed by atoms with Gasteiger partial charge in [-0.1, -0.05) is 0 Å². The van der Waals surface area contributed by atoms with Crippen LogP contribution in [0, 0.1) is 0 Å². The summed E-state index contributed by atoms with van der Waals surface area (Å²) >= 11 is 0. The summed E-state index contributed by atoms with van der Waals surface area (Å²) in [5, 5.41) is 0. The molecule has 1 aromatic rings. The Balaban J connectivity index is 3.06. The maximum Gasteiger partial charge on any atom is 0.226 e. The second-order valence-electron chi connectivity index (χ2n) is 2.87. The monoisotopic (exact) mass is 215 g/mol. The van der Waals surface area contributed by atoms with E-state index in [1.165, 1.54) is 14.2 Å². The molecule has 0 aromatic carbocycles. The Kier molecular flexibility index (Phi) is 4.08. The van der Waals surface area contributed by atoms with Crippen LogP contribution in [-0.2, 0) is 6.42 Å². The van der Waals surface area contributed by atoms with Gasteiger partial charge in [0, 0.05) is 0 Å². The van der Waals surface area contributed by atoms with Gasteiger partial charge in [0.1, 0.15) is 0 Å². The molecule has 1 heterocycles. The molecule has 0 saturated heterocycles. The Morgan fingerprint density at radius 3 is 2.13 bits per heavy atom. The number of nitrogen functional groups attached to an aromatic ring is 1. The van der Waals surface area contributed by atoms with Crippen LogP contribution in [-0.4, -0.2) is 30.9 Å². The Morgan fingerprint density at radius 2 is 1.73 bits per heavy atom. The van der Waals surface area contributed by atoms with Crippen molar-refractivity contribution in [2.24, 2.45) is 0 Å². The van der Waals surface area contributed by atoms with Gasteiger partial charge in [-0.25, -0.2) is 0 Å². The topological polar surface area (TPSA) is 70.3 Å². The van der Waals surface area contributed by atoms with E-state index in [9.17, 15) is 4.39 Å². The SMILES string of the molecule is COc1nc(N)nc(OC)c1CCCF. The summed E-state index contributed by atoms with van der Waals surface area (Å²) in [4.78, 5) is 7.79. The van der Waals surface area contributed by atoms with Crippen LogP contribution in [0.1, 0.15) is 12.0 Å². The Labute approximate surface area is 87.4 Å². The molecule has 0 aliphatic rings. The second-order valence-corrected chi connectivity index (χ2v) is 2.87. The standard InChI is InChI=1S/C9H14FN3O2/c1-14-7-6(4-3-5-10)8(15-2)13-9(11)12-7/h3-5H2,1-2H3,(H2,11,12,13). The van der Waals surface area contributed by atoms with Gasteiger partial charge in [0.2, 0.25) is 17.7 Å². The van der Waals surface area contributed by atoms with Crippen LogP contribution in [0.15, 0.2) is 0 Å². The molecule has 0 unspecified atom stereocenters. The molecule has 0 bridgehead atoms. The van der Waals surface area contributed by atoms with Gasteiger partial charge in [-0.3, -0.25) is 4.39 Å². The summed E-state index contributed by atoms with van der Waals surface area (Å²) in [6, 6.07) is 0. The summed E-state index contributed by atoms with van der Waals surface area (Å²) < 4.78 is 22.1. The van der Waals surface area contributed by atoms with Crippen molar-refractivity contribution in [3.63, 3.8) is 0 Å². The first-order valence-electron chi connectivity index (χ1n) is 4.53. The summed E-state index contributed by atoms with van der Waals surface area (Å²) in [6.45, 7) is -0.406. The molecule has 0 aliphatic heterocycles. The first kappa shape index (κ1) is 11.5. The van der Waals surface area contributed by atoms with Crippen molar-refractivity contribution in [1.82, 2.24) is 9.97 Å².